The van der Waals surface area contributed by atoms with Gasteiger partial charge in [-0.3, -0.25) is 4.79 Å². The topological polar surface area (TPSA) is 72.8 Å². The molecule has 0 saturated heterocycles. The van der Waals surface area contributed by atoms with Crippen LogP contribution >= 0.6 is 22.6 Å². The quantitative estimate of drug-likeness (QED) is 0.187. The minimum absolute atomic E-state index is 0.0167. The van der Waals surface area contributed by atoms with Gasteiger partial charge in [-0.1, -0.05) is 29.5 Å². The molecule has 0 radical (unpaired) electrons. The number of alkyl halides is 7. The van der Waals surface area contributed by atoms with Crippen molar-refractivity contribution in [2.75, 3.05) is 0 Å². The largest absolute Gasteiger partial charge is 0.452 e. The number of esters is 2. The Hall–Kier alpha value is -1.57. The lowest BCUT2D eigenvalue weighted by Gasteiger charge is -2.43. The molecule has 0 spiro atoms. The van der Waals surface area contributed by atoms with E-state index in [1.807, 2.05) is 22.6 Å². The van der Waals surface area contributed by atoms with E-state index in [9.17, 15) is 41.0 Å². The Labute approximate surface area is 175 Å². The second-order valence-electron chi connectivity index (χ2n) is 6.43. The van der Waals surface area contributed by atoms with Gasteiger partial charge in [-0.2, -0.15) is 26.3 Å². The average Bonchev–Trinajstić information content (AvgIpc) is 2.58. The fourth-order valence-corrected chi connectivity index (χ4v) is 2.34. The minimum atomic E-state index is -6.16. The number of ether oxygens (including phenoxy) is 2. The van der Waals surface area contributed by atoms with Gasteiger partial charge >= 0.3 is 24.3 Å². The minimum Gasteiger partial charge on any atom is -0.452 e. The number of hydrogen-bond donors (Lipinski definition) is 1. The fourth-order valence-electron chi connectivity index (χ4n) is 2.21. The highest BCUT2D eigenvalue weighted by Gasteiger charge is 2.78. The van der Waals surface area contributed by atoms with Gasteiger partial charge in [0.2, 0.25) is 0 Å². The summed E-state index contributed by atoms with van der Waals surface area (Å²) in [6, 6.07) is 4.24. The predicted molar refractivity (Wildman–Crippen MR) is 96.7 cm³/mol. The Kier molecular flexibility index (Phi) is 7.60. The lowest BCUT2D eigenvalue weighted by molar-refractivity contribution is -0.406. The van der Waals surface area contributed by atoms with Crippen molar-refractivity contribution in [3.63, 3.8) is 0 Å². The molecule has 1 unspecified atom stereocenters. The van der Waals surface area contributed by atoms with Gasteiger partial charge in [0.05, 0.1) is 5.56 Å². The van der Waals surface area contributed by atoms with Gasteiger partial charge in [0.1, 0.15) is 9.67 Å². The molecule has 0 aromatic heterocycles. The molecule has 5 nitrogen and oxygen atoms in total. The van der Waals surface area contributed by atoms with E-state index in [0.29, 0.717) is 20.3 Å². The van der Waals surface area contributed by atoms with Gasteiger partial charge < -0.3 is 14.6 Å². The lowest BCUT2D eigenvalue weighted by Crippen LogP contribution is -2.69. The number of benzene rings is 1. The molecular weight excluding hydrogens is 525 g/mol. The van der Waals surface area contributed by atoms with Crippen LogP contribution in [0.25, 0.3) is 0 Å². The van der Waals surface area contributed by atoms with Gasteiger partial charge in [0.15, 0.2) is 5.60 Å². The zero-order valence-corrected chi connectivity index (χ0v) is 17.5. The second kappa shape index (κ2) is 8.66. The maximum absolute atomic E-state index is 13.0. The molecule has 0 saturated carbocycles. The van der Waals surface area contributed by atoms with Gasteiger partial charge in [0.25, 0.3) is 5.60 Å². The molecule has 0 amide bonds. The zero-order chi connectivity index (χ0) is 22.8. The van der Waals surface area contributed by atoms with Gasteiger partial charge in [-0.25, -0.2) is 4.79 Å². The second-order valence-corrected chi connectivity index (χ2v) is 7.93. The summed E-state index contributed by atoms with van der Waals surface area (Å²) in [5.41, 5.74) is -9.11. The zero-order valence-electron chi connectivity index (χ0n) is 15.3. The summed E-state index contributed by atoms with van der Waals surface area (Å²) in [6.07, 6.45) is -11.8. The first-order valence-corrected chi connectivity index (χ1v) is 9.27. The molecule has 1 aromatic carbocycles. The first kappa shape index (κ1) is 25.5. The van der Waals surface area contributed by atoms with E-state index in [1.165, 1.54) is 0 Å². The van der Waals surface area contributed by atoms with Crippen LogP contribution in [0.4, 0.5) is 26.3 Å². The van der Waals surface area contributed by atoms with Crippen molar-refractivity contribution in [2.45, 2.75) is 54.7 Å². The van der Waals surface area contributed by atoms with Crippen LogP contribution in [-0.4, -0.2) is 44.5 Å². The first-order chi connectivity index (χ1) is 13.0. The van der Waals surface area contributed by atoms with Gasteiger partial charge in [0, 0.05) is 0 Å². The summed E-state index contributed by atoms with van der Waals surface area (Å²) in [7, 11) is 0. The van der Waals surface area contributed by atoms with Crippen LogP contribution in [-0.2, 0) is 9.53 Å². The Balaban J connectivity index is 3.06. The molecule has 0 aliphatic carbocycles. The Morgan fingerprint density at radius 2 is 1.48 bits per heavy atom. The highest BCUT2D eigenvalue weighted by atomic mass is 127. The van der Waals surface area contributed by atoms with E-state index in [1.54, 1.807) is 6.92 Å². The summed E-state index contributed by atoms with van der Waals surface area (Å²) in [5.74, 6) is -2.09. The van der Waals surface area contributed by atoms with Crippen molar-refractivity contribution in [1.29, 1.82) is 0 Å². The average molecular weight is 542 g/mol. The molecule has 0 aliphatic heterocycles. The molecule has 1 rings (SSSR count). The standard InChI is InChI=1S/C17H17F6IO5/c1-4-11(24)13(26)28-10-7-5-9(6-8-10)12(25)29-14(2,3)15(27,16(18,19)20)17(21,22)23/h5-8,11,27H,4H2,1-3H3. The number of rotatable bonds is 6. The number of carbonyl (C=O) groups is 2. The maximum Gasteiger partial charge on any atom is 0.430 e. The van der Waals surface area contributed by atoms with Crippen molar-refractivity contribution >= 4 is 34.5 Å². The highest BCUT2D eigenvalue weighted by Crippen LogP contribution is 2.50. The SMILES string of the molecule is CCC(I)C(=O)Oc1ccc(C(=O)OC(C)(C)C(O)(C(F)(F)F)C(F)(F)F)cc1. The van der Waals surface area contributed by atoms with Crippen molar-refractivity contribution in [1.82, 2.24) is 0 Å². The summed E-state index contributed by atoms with van der Waals surface area (Å²) in [5, 5.41) is 9.44. The van der Waals surface area contributed by atoms with Crippen LogP contribution in [0.1, 0.15) is 37.6 Å². The predicted octanol–water partition coefficient (Wildman–Crippen LogP) is 4.60. The van der Waals surface area contributed by atoms with Crippen LogP contribution in [0.15, 0.2) is 24.3 Å². The number of halogens is 7. The van der Waals surface area contributed by atoms with Crippen molar-refractivity contribution in [3.8, 4) is 5.75 Å². The smallest absolute Gasteiger partial charge is 0.430 e. The number of carbonyl (C=O) groups excluding carboxylic acids is 2. The lowest BCUT2D eigenvalue weighted by atomic mass is 9.84. The highest BCUT2D eigenvalue weighted by molar-refractivity contribution is 14.1. The molecule has 1 N–H and O–H groups in total. The van der Waals surface area contributed by atoms with E-state index in [4.69, 9.17) is 4.74 Å². The van der Waals surface area contributed by atoms with E-state index in [-0.39, 0.29) is 5.75 Å². The molecule has 1 atom stereocenters. The third-order valence-electron chi connectivity index (χ3n) is 3.96. The normalized spacial score (nSPS) is 14.3. The fraction of sp³-hybridized carbons (Fsp3) is 0.529. The molecule has 0 fully saturated rings. The van der Waals surface area contributed by atoms with Crippen LogP contribution in [0.3, 0.4) is 0 Å². The van der Waals surface area contributed by atoms with Crippen molar-refractivity contribution < 1.29 is 50.5 Å². The monoisotopic (exact) mass is 542 g/mol. The molecule has 0 aliphatic rings. The molecule has 164 valence electrons. The molecule has 12 heteroatoms. The molecule has 29 heavy (non-hydrogen) atoms. The Morgan fingerprint density at radius 1 is 1.03 bits per heavy atom. The third-order valence-corrected chi connectivity index (χ3v) is 5.35. The summed E-state index contributed by atoms with van der Waals surface area (Å²) in [6.45, 7) is 2.35. The number of hydrogen-bond acceptors (Lipinski definition) is 5. The Bertz CT molecular complexity index is 728. The van der Waals surface area contributed by atoms with Crippen molar-refractivity contribution in [2.24, 2.45) is 0 Å². The molecule has 0 heterocycles. The molecule has 0 bridgehead atoms. The van der Waals surface area contributed by atoms with Crippen LogP contribution < -0.4 is 4.74 Å². The van der Waals surface area contributed by atoms with E-state index < -0.39 is 45.0 Å². The van der Waals surface area contributed by atoms with Crippen LogP contribution in [0.2, 0.25) is 0 Å². The van der Waals surface area contributed by atoms with E-state index in [2.05, 4.69) is 4.74 Å². The molecule has 1 aromatic rings. The van der Waals surface area contributed by atoms with E-state index in [0.717, 1.165) is 24.3 Å². The summed E-state index contributed by atoms with van der Waals surface area (Å²) >= 11 is 1.85. The maximum atomic E-state index is 13.0. The van der Waals surface area contributed by atoms with Gasteiger partial charge in [-0.05, 0) is 44.5 Å². The summed E-state index contributed by atoms with van der Waals surface area (Å²) < 4.78 is 87.0. The van der Waals surface area contributed by atoms with Crippen LogP contribution in [0, 0.1) is 0 Å². The first-order valence-electron chi connectivity index (χ1n) is 8.03. The number of aliphatic hydroxyl groups is 1. The van der Waals surface area contributed by atoms with Crippen LogP contribution in [0.5, 0.6) is 5.75 Å². The van der Waals surface area contributed by atoms with Crippen molar-refractivity contribution in [3.05, 3.63) is 29.8 Å². The van der Waals surface area contributed by atoms with E-state index >= 15 is 0 Å². The molecular formula is C17H17F6IO5. The van der Waals surface area contributed by atoms with Gasteiger partial charge in [-0.15, -0.1) is 0 Å². The Morgan fingerprint density at radius 3 is 1.86 bits per heavy atom. The summed E-state index contributed by atoms with van der Waals surface area (Å²) in [4.78, 5) is 23.8. The third kappa shape index (κ3) is 5.32.